The normalized spacial score (nSPS) is 19.4. The Labute approximate surface area is 124 Å². The largest absolute Gasteiger partial charge is 0.481 e. The summed E-state index contributed by atoms with van der Waals surface area (Å²) in [7, 11) is 0. The van der Waals surface area contributed by atoms with Crippen LogP contribution >= 0.6 is 0 Å². The van der Waals surface area contributed by atoms with Gasteiger partial charge < -0.3 is 10.1 Å². The Bertz CT molecular complexity index is 647. The first kappa shape index (κ1) is 14.1. The number of carboxylic acids is 1. The highest BCUT2D eigenvalue weighted by Crippen LogP contribution is 2.26. The third-order valence-electron chi connectivity index (χ3n) is 4.50. The first-order chi connectivity index (χ1) is 10.2. The van der Waals surface area contributed by atoms with E-state index < -0.39 is 5.97 Å². The number of H-pyrrole nitrogens is 1. The quantitative estimate of drug-likeness (QED) is 0.888. The van der Waals surface area contributed by atoms with Gasteiger partial charge in [0.05, 0.1) is 0 Å². The van der Waals surface area contributed by atoms with Crippen LogP contribution in [-0.2, 0) is 17.8 Å². The van der Waals surface area contributed by atoms with Crippen molar-refractivity contribution >= 4 is 16.9 Å². The van der Waals surface area contributed by atoms with Crippen molar-refractivity contribution in [1.29, 1.82) is 0 Å². The predicted molar refractivity (Wildman–Crippen MR) is 83.3 cm³/mol. The van der Waals surface area contributed by atoms with Crippen LogP contribution in [0.3, 0.4) is 0 Å². The number of fused-ring (bicyclic) bond motifs is 1. The van der Waals surface area contributed by atoms with Crippen LogP contribution in [0.1, 0.15) is 30.9 Å². The van der Waals surface area contributed by atoms with Gasteiger partial charge in [-0.05, 0) is 36.4 Å². The van der Waals surface area contributed by atoms with Crippen LogP contribution in [0.15, 0.2) is 24.4 Å². The van der Waals surface area contributed by atoms with Crippen molar-refractivity contribution in [2.24, 2.45) is 5.92 Å². The Balaban J connectivity index is 1.73. The van der Waals surface area contributed by atoms with Crippen LogP contribution < -0.4 is 0 Å². The highest BCUT2D eigenvalue weighted by atomic mass is 16.4. The Morgan fingerprint density at radius 1 is 1.43 bits per heavy atom. The molecule has 2 heterocycles. The van der Waals surface area contributed by atoms with E-state index in [9.17, 15) is 4.79 Å². The Hall–Kier alpha value is -1.81. The molecule has 2 aromatic rings. The van der Waals surface area contributed by atoms with E-state index in [0.717, 1.165) is 32.5 Å². The average Bonchev–Trinajstić information content (AvgIpc) is 3.06. The summed E-state index contributed by atoms with van der Waals surface area (Å²) in [4.78, 5) is 16.6. The Morgan fingerprint density at radius 3 is 3.05 bits per heavy atom. The molecule has 0 amide bonds. The molecule has 21 heavy (non-hydrogen) atoms. The average molecular weight is 286 g/mol. The van der Waals surface area contributed by atoms with Crippen molar-refractivity contribution in [2.45, 2.75) is 32.7 Å². The van der Waals surface area contributed by atoms with Gasteiger partial charge in [0.25, 0.3) is 0 Å². The third-order valence-corrected chi connectivity index (χ3v) is 4.50. The molecule has 1 aliphatic heterocycles. The van der Waals surface area contributed by atoms with Gasteiger partial charge in [-0.1, -0.05) is 25.1 Å². The minimum Gasteiger partial charge on any atom is -0.481 e. The minimum atomic E-state index is -0.679. The lowest BCUT2D eigenvalue weighted by Gasteiger charge is -2.15. The molecule has 1 saturated heterocycles. The number of rotatable bonds is 5. The number of nitrogens with one attached hydrogen (secondary N) is 1. The number of aromatic amines is 1. The fourth-order valence-corrected chi connectivity index (χ4v) is 3.41. The molecular weight excluding hydrogens is 264 g/mol. The standard InChI is InChI=1S/C17H22N2O2/c1-2-13-4-3-5-15-14(9-18-17(13)15)11-19-7-6-12(10-19)8-16(20)21/h3-5,9,12,18H,2,6-8,10-11H2,1H3,(H,20,21). The number of aliphatic carboxylic acids is 1. The number of carbonyl (C=O) groups is 1. The van der Waals surface area contributed by atoms with Gasteiger partial charge in [-0.3, -0.25) is 9.69 Å². The summed E-state index contributed by atoms with van der Waals surface area (Å²) in [5.74, 6) is -0.375. The van der Waals surface area contributed by atoms with Crippen LogP contribution in [0.25, 0.3) is 10.9 Å². The second-order valence-electron chi connectivity index (χ2n) is 5.99. The topological polar surface area (TPSA) is 56.3 Å². The van der Waals surface area contributed by atoms with Gasteiger partial charge in [0.15, 0.2) is 0 Å². The van der Waals surface area contributed by atoms with Gasteiger partial charge in [-0.2, -0.15) is 0 Å². The molecule has 112 valence electrons. The first-order valence-corrected chi connectivity index (χ1v) is 7.69. The lowest BCUT2D eigenvalue weighted by molar-refractivity contribution is -0.138. The van der Waals surface area contributed by atoms with Gasteiger partial charge in [0.1, 0.15) is 0 Å². The van der Waals surface area contributed by atoms with Gasteiger partial charge in [0.2, 0.25) is 0 Å². The Kier molecular flexibility index (Phi) is 3.97. The number of aryl methyl sites for hydroxylation is 1. The van der Waals surface area contributed by atoms with E-state index in [4.69, 9.17) is 5.11 Å². The molecule has 0 radical (unpaired) electrons. The molecule has 0 aliphatic carbocycles. The number of hydrogen-bond donors (Lipinski definition) is 2. The maximum absolute atomic E-state index is 10.8. The van der Waals surface area contributed by atoms with E-state index in [1.54, 1.807) is 0 Å². The molecule has 1 aromatic carbocycles. The predicted octanol–water partition coefficient (Wildman–Crippen LogP) is 3.03. The number of nitrogens with zero attached hydrogens (tertiary/aromatic N) is 1. The lowest BCUT2D eigenvalue weighted by Crippen LogP contribution is -2.20. The van der Waals surface area contributed by atoms with Crippen LogP contribution in [-0.4, -0.2) is 34.0 Å². The lowest BCUT2D eigenvalue weighted by atomic mass is 10.1. The number of aromatic nitrogens is 1. The molecule has 3 rings (SSSR count). The smallest absolute Gasteiger partial charge is 0.303 e. The summed E-state index contributed by atoms with van der Waals surface area (Å²) in [6.45, 7) is 4.97. The van der Waals surface area contributed by atoms with Gasteiger partial charge in [-0.25, -0.2) is 0 Å². The van der Waals surface area contributed by atoms with E-state index in [1.807, 2.05) is 0 Å². The maximum atomic E-state index is 10.8. The van der Waals surface area contributed by atoms with Gasteiger partial charge in [0, 0.05) is 36.6 Å². The van der Waals surface area contributed by atoms with E-state index in [-0.39, 0.29) is 0 Å². The van der Waals surface area contributed by atoms with Crippen molar-refractivity contribution in [2.75, 3.05) is 13.1 Å². The fraction of sp³-hybridized carbons (Fsp3) is 0.471. The van der Waals surface area contributed by atoms with Crippen LogP contribution in [0.4, 0.5) is 0 Å². The molecule has 1 aromatic heterocycles. The third kappa shape index (κ3) is 2.95. The minimum absolute atomic E-state index is 0.296. The second-order valence-corrected chi connectivity index (χ2v) is 5.99. The maximum Gasteiger partial charge on any atom is 0.303 e. The van der Waals surface area contributed by atoms with Gasteiger partial charge >= 0.3 is 5.97 Å². The monoisotopic (exact) mass is 286 g/mol. The van der Waals surface area contributed by atoms with E-state index in [1.165, 1.54) is 22.0 Å². The van der Waals surface area contributed by atoms with Crippen LogP contribution in [0, 0.1) is 5.92 Å². The zero-order chi connectivity index (χ0) is 14.8. The number of benzene rings is 1. The molecular formula is C17H22N2O2. The van der Waals surface area contributed by atoms with Crippen LogP contribution in [0.2, 0.25) is 0 Å². The van der Waals surface area contributed by atoms with E-state index in [2.05, 4.69) is 41.2 Å². The highest BCUT2D eigenvalue weighted by molar-refractivity contribution is 5.86. The summed E-state index contributed by atoms with van der Waals surface area (Å²) < 4.78 is 0. The van der Waals surface area contributed by atoms with Crippen LogP contribution in [0.5, 0.6) is 0 Å². The van der Waals surface area contributed by atoms with E-state index >= 15 is 0 Å². The number of likely N-dealkylation sites (tertiary alicyclic amines) is 1. The summed E-state index contributed by atoms with van der Waals surface area (Å²) in [6, 6.07) is 6.46. The van der Waals surface area contributed by atoms with Crippen molar-refractivity contribution in [3.63, 3.8) is 0 Å². The number of carboxylic acid groups (broad SMARTS) is 1. The highest BCUT2D eigenvalue weighted by Gasteiger charge is 2.24. The molecule has 4 heteroatoms. The summed E-state index contributed by atoms with van der Waals surface area (Å²) in [5, 5.41) is 10.2. The Morgan fingerprint density at radius 2 is 2.29 bits per heavy atom. The zero-order valence-electron chi connectivity index (χ0n) is 12.4. The molecule has 0 saturated carbocycles. The first-order valence-electron chi connectivity index (χ1n) is 7.69. The molecule has 1 atom stereocenters. The van der Waals surface area contributed by atoms with Crippen molar-refractivity contribution in [3.05, 3.63) is 35.5 Å². The van der Waals surface area contributed by atoms with Crippen molar-refractivity contribution in [3.8, 4) is 0 Å². The summed E-state index contributed by atoms with van der Waals surface area (Å²) in [5.41, 5.74) is 3.91. The zero-order valence-corrected chi connectivity index (χ0v) is 12.4. The molecule has 1 unspecified atom stereocenters. The van der Waals surface area contributed by atoms with Gasteiger partial charge in [-0.15, -0.1) is 0 Å². The number of hydrogen-bond acceptors (Lipinski definition) is 2. The molecule has 1 aliphatic rings. The van der Waals surface area contributed by atoms with Crippen molar-refractivity contribution < 1.29 is 9.90 Å². The van der Waals surface area contributed by atoms with Crippen molar-refractivity contribution in [1.82, 2.24) is 9.88 Å². The molecule has 0 spiro atoms. The van der Waals surface area contributed by atoms with E-state index in [0.29, 0.717) is 12.3 Å². The number of para-hydroxylation sites is 1. The second kappa shape index (κ2) is 5.90. The molecule has 1 fully saturated rings. The molecule has 2 N–H and O–H groups in total. The molecule has 0 bridgehead atoms. The SMILES string of the molecule is CCc1cccc2c(CN3CCC(CC(=O)O)C3)c[nH]c12. The summed E-state index contributed by atoms with van der Waals surface area (Å²) in [6.07, 6.45) is 4.43. The fourth-order valence-electron chi connectivity index (χ4n) is 3.41. The summed E-state index contributed by atoms with van der Waals surface area (Å²) >= 11 is 0. The molecule has 4 nitrogen and oxygen atoms in total.